The van der Waals surface area contributed by atoms with Gasteiger partial charge in [-0.2, -0.15) is 12.7 Å². The molecule has 6 aromatic heterocycles. The maximum atomic E-state index is 13.1. The molecule has 11 rings (SSSR count). The van der Waals surface area contributed by atoms with Crippen LogP contribution in [0.4, 0.5) is 27.0 Å². The van der Waals surface area contributed by atoms with E-state index in [9.17, 15) is 76.2 Å². The van der Waals surface area contributed by atoms with Crippen LogP contribution in [0.2, 0.25) is 15.5 Å². The van der Waals surface area contributed by atoms with Gasteiger partial charge in [0.05, 0.1) is 45.5 Å². The highest BCUT2D eigenvalue weighted by Crippen LogP contribution is 2.38. The molecule has 5 atom stereocenters. The minimum Gasteiger partial charge on any atom is -0.458 e. The Morgan fingerprint density at radius 1 is 0.544 bits per heavy atom. The van der Waals surface area contributed by atoms with Crippen molar-refractivity contribution in [3.63, 3.8) is 0 Å². The zero-order chi connectivity index (χ0) is 113. The topological polar surface area (TPSA) is 589 Å². The predicted octanol–water partition coefficient (Wildman–Crippen LogP) is 15.5. The van der Waals surface area contributed by atoms with Crippen molar-refractivity contribution in [3.05, 3.63) is 98.2 Å². The SMILES string of the molecule is C#CC(=O)OC(C)(C)C.CC(C)(C)OC(=O)N1C(C)(C)COS1(=O)=O.CSc1ncc(C(O)/C=C/C(=O)OC(C)(C)C)c(Cl)n1.CSc1ncc(C(O)C#CC(=O)OC(C)(C)C)c(Cl)n1.CSc1ncc(C=O)c(Cl)n1.CSc1ncc2c(n1)N(CC(C)(C)NC(=O)OC(C)(C)C)C(C(=O)OC(C)(C)C)CC2=O.CSc1ncc2c(n1)N1CC(C)(C)NC(=O)C1CC2=O.CSc1ncc2c(n1)NC(C(=O)OC(C)(C)C)CC2=O.N. The summed E-state index contributed by atoms with van der Waals surface area (Å²) in [5.74, 6) is 4.41. The number of anilines is 3. The Balaban J connectivity index is 0.000000446. The molecule has 5 aliphatic heterocycles. The van der Waals surface area contributed by atoms with Crippen LogP contribution in [0, 0.1) is 24.2 Å². The van der Waals surface area contributed by atoms with Gasteiger partial charge in [0.2, 0.25) is 5.91 Å². The highest BCUT2D eigenvalue weighted by Gasteiger charge is 2.51. The second-order valence-corrected chi connectivity index (χ2v) is 48.2. The van der Waals surface area contributed by atoms with Gasteiger partial charge in [-0.3, -0.25) is 28.2 Å². The van der Waals surface area contributed by atoms with Crippen LogP contribution in [-0.2, 0) is 76.4 Å². The smallest absolute Gasteiger partial charge is 0.426 e. The molecule has 149 heavy (non-hydrogen) atoms. The minimum atomic E-state index is -4.01. The number of fused-ring (bicyclic) bond motifs is 5. The number of carbonyl (C=O) groups is 12. The number of hydrogen-bond donors (Lipinski definition) is 6. The first kappa shape index (κ1) is 133. The van der Waals surface area contributed by atoms with Gasteiger partial charge in [-0.15, -0.1) is 6.42 Å². The van der Waals surface area contributed by atoms with Crippen molar-refractivity contribution in [2.45, 2.75) is 323 Å². The number of Topliss-reactive ketones (excluding diaryl/α,β-unsaturated/α-hetero) is 3. The lowest BCUT2D eigenvalue weighted by Gasteiger charge is -2.46. The quantitative estimate of drug-likeness (QED) is 0.00603. The molecule has 0 aromatic carbocycles. The molecule has 5 aliphatic rings. The Morgan fingerprint density at radius 3 is 1.40 bits per heavy atom. The number of halogens is 3. The number of alkyl carbamates (subject to hydrolysis) is 1. The van der Waals surface area contributed by atoms with Gasteiger partial charge in [-0.05, 0) is 231 Å². The number of aliphatic hydroxyl groups is 2. The Bertz CT molecular complexity index is 6040. The molecule has 11 heterocycles. The van der Waals surface area contributed by atoms with Crippen molar-refractivity contribution < 1.29 is 114 Å². The Hall–Kier alpha value is -10.5. The normalized spacial score (nSPS) is 16.6. The molecule has 0 spiro atoms. The van der Waals surface area contributed by atoms with E-state index >= 15 is 0 Å². The number of esters is 5. The zero-order valence-electron chi connectivity index (χ0n) is 89.7. The molecule has 0 bridgehead atoms. The zero-order valence-corrected chi connectivity index (χ0v) is 97.7. The van der Waals surface area contributed by atoms with Crippen molar-refractivity contribution in [1.29, 1.82) is 0 Å². The number of aromatic nitrogens is 12. The van der Waals surface area contributed by atoms with Crippen molar-refractivity contribution in [2.24, 2.45) is 0 Å². The second-order valence-electron chi connectivity index (χ2n) is 41.0. The van der Waals surface area contributed by atoms with Gasteiger partial charge < -0.3 is 75.3 Å². The average molecular weight is 2270 g/mol. The molecule has 2 fully saturated rings. The number of aldehydes is 1. The molecule has 53 heteroatoms. The number of nitrogens with one attached hydrogen (secondary N) is 3. The van der Waals surface area contributed by atoms with E-state index in [4.69, 9.17) is 74.4 Å². The minimum absolute atomic E-state index is 0. The molecule has 5 unspecified atom stereocenters. The molecule has 43 nitrogen and oxygen atoms in total. The van der Waals surface area contributed by atoms with Gasteiger partial charge >= 0.3 is 52.3 Å². The number of rotatable bonds is 16. The summed E-state index contributed by atoms with van der Waals surface area (Å²) in [4.78, 5) is 195. The fraction of sp³-hybridized carbons (Fsp3) is 0.562. The first-order chi connectivity index (χ1) is 67.9. The molecule has 2 saturated heterocycles. The third-order valence-corrected chi connectivity index (χ3v) is 23.8. The van der Waals surface area contributed by atoms with E-state index in [2.05, 4.69) is 91.8 Å². The summed E-state index contributed by atoms with van der Waals surface area (Å²) < 4.78 is 64.4. The Labute approximate surface area is 910 Å². The van der Waals surface area contributed by atoms with Gasteiger partial charge in [0.15, 0.2) is 54.6 Å². The van der Waals surface area contributed by atoms with Crippen LogP contribution in [0.1, 0.15) is 271 Å². The molecular formula is C96H134Cl3N19O24S7. The van der Waals surface area contributed by atoms with Gasteiger partial charge in [0.1, 0.15) is 102 Å². The summed E-state index contributed by atoms with van der Waals surface area (Å²) in [6.45, 7) is 48.4. The number of carbonyl (C=O) groups excluding carboxylic acids is 12. The molecule has 820 valence electrons. The first-order valence-electron chi connectivity index (χ1n) is 45.1. The number of nitrogens with zero attached hydrogens (tertiary/aromatic N) is 15. The monoisotopic (exact) mass is 2270 g/mol. The molecule has 8 N–H and O–H groups in total. The average Bonchev–Trinajstić information content (AvgIpc) is 1.57. The summed E-state index contributed by atoms with van der Waals surface area (Å²) in [7, 11) is -4.01. The van der Waals surface area contributed by atoms with Crippen LogP contribution in [0.5, 0.6) is 0 Å². The first-order valence-corrected chi connectivity index (χ1v) is 54.9. The van der Waals surface area contributed by atoms with E-state index in [1.807, 2.05) is 76.0 Å². The van der Waals surface area contributed by atoms with Crippen LogP contribution >= 0.6 is 105 Å². The molecule has 0 aliphatic carbocycles. The highest BCUT2D eigenvalue weighted by atomic mass is 35.5. The van der Waals surface area contributed by atoms with E-state index in [1.54, 1.807) is 170 Å². The maximum absolute atomic E-state index is 13.1. The Morgan fingerprint density at radius 2 is 0.960 bits per heavy atom. The third kappa shape index (κ3) is 45.5. The summed E-state index contributed by atoms with van der Waals surface area (Å²) >= 11 is 25.7. The van der Waals surface area contributed by atoms with Crippen LogP contribution < -0.4 is 31.9 Å². The lowest BCUT2D eigenvalue weighted by molar-refractivity contribution is -0.157. The molecule has 3 amide bonds. The van der Waals surface area contributed by atoms with Gasteiger partial charge in [-0.25, -0.2) is 93.4 Å². The van der Waals surface area contributed by atoms with Crippen molar-refractivity contribution >= 4 is 205 Å². The number of thioether (sulfide) groups is 6. The van der Waals surface area contributed by atoms with E-state index < -0.39 is 133 Å². The Kier molecular flexibility index (Phi) is 50.1. The van der Waals surface area contributed by atoms with Gasteiger partial charge in [-0.1, -0.05) is 111 Å². The largest absolute Gasteiger partial charge is 0.458 e. The number of amides is 3. The van der Waals surface area contributed by atoms with Crippen LogP contribution in [-0.4, -0.2) is 286 Å². The summed E-state index contributed by atoms with van der Waals surface area (Å²) in [6.07, 6.45) is 24.1. The van der Waals surface area contributed by atoms with E-state index in [0.717, 1.165) is 6.08 Å². The lowest BCUT2D eigenvalue weighted by Crippen LogP contribution is -2.66. The van der Waals surface area contributed by atoms with Gasteiger partial charge in [0, 0.05) is 98.6 Å². The van der Waals surface area contributed by atoms with E-state index in [0.29, 0.717) is 93.3 Å². The standard InChI is InChI=1S/C22H34N4O5S.C13H17ClN2O3S.C13H15ClN2O3S.C13H16N4O2S.C13H17N3O3S.C9H17NO5S.C7H10O2.C6H5ClN2OS.H3N/c1-20(2,3)30-17(28)14-10-15(27)13-11-23-18(32-9)24-16(13)26(14)12-22(7,8)25-19(29)31-21(4,5)6;2*1-13(2,3)19-10(18)6-5-9(17)8-7-15-12(20-4)16-11(8)14;1-13(2)6-17-8(11(19)16-13)4-9(18)7-5-14-12(20-3)15-10(7)17;1-13(2,3)19-11(18)8-5-9(17)7-6-14-12(20-4)16-10(7)15-8;1-8(2,3)15-7(11)10-9(4,5)6-14-16(10,12)13;1-5-6(8)9-7(2,3)4;1-11-6-8-2-4(3-10)5(7)9-6;/h11,14H,10,12H2,1-9H3,(H,25,29);5-7,9,17H,1-4H3;7,9,17H,1-4H3;5,8H,4,6H2,1-3H3,(H,16,19);6,8H,5H2,1-4H3,(H,14,15,16);6H2,1-5H3;1H,2-4H3;2-3H,1H3;1H3/b;6-5+;;;;;;;. The number of aliphatic hydroxyl groups excluding tert-OH is 2. The van der Waals surface area contributed by atoms with Crippen molar-refractivity contribution in [1.82, 2.24) is 80.9 Å². The number of hydrogen-bond acceptors (Lipinski definition) is 46. The van der Waals surface area contributed by atoms with E-state index in [-0.39, 0.29) is 88.4 Å². The third-order valence-electron chi connectivity index (χ3n) is 18.0. The van der Waals surface area contributed by atoms with Crippen LogP contribution in [0.15, 0.2) is 80.3 Å². The molecular weight excluding hydrogens is 2130 g/mol. The predicted molar refractivity (Wildman–Crippen MR) is 572 cm³/mol. The van der Waals surface area contributed by atoms with Crippen molar-refractivity contribution in [3.8, 4) is 24.2 Å². The second kappa shape index (κ2) is 56.2. The van der Waals surface area contributed by atoms with Gasteiger partial charge in [0.25, 0.3) is 0 Å². The fourth-order valence-corrected chi connectivity index (χ4v) is 16.5. The summed E-state index contributed by atoms with van der Waals surface area (Å²) in [6, 6.07) is -2.02. The fourth-order valence-electron chi connectivity index (χ4n) is 12.3. The molecule has 6 aromatic rings. The van der Waals surface area contributed by atoms with Crippen molar-refractivity contribution in [2.75, 3.05) is 72.3 Å². The van der Waals surface area contributed by atoms with Crippen LogP contribution in [0.3, 0.4) is 0 Å². The molecule has 0 saturated carbocycles. The summed E-state index contributed by atoms with van der Waals surface area (Å²) in [5.41, 5.74) is -4.24. The maximum Gasteiger partial charge on any atom is 0.426 e. The number of ketones is 3. The molecule has 0 radical (unpaired) electrons. The lowest BCUT2D eigenvalue weighted by atomic mass is 9.90. The highest BCUT2D eigenvalue weighted by molar-refractivity contribution is 7.99. The summed E-state index contributed by atoms with van der Waals surface area (Å²) in [5, 5.41) is 32.3. The van der Waals surface area contributed by atoms with Crippen LogP contribution in [0.25, 0.3) is 0 Å². The number of ether oxygens (including phenoxy) is 7. The van der Waals surface area contributed by atoms with E-state index in [1.165, 1.54) is 108 Å². The number of terminal acetylenes is 1. The number of piperazine rings is 1.